The molecule has 3 heterocycles. The van der Waals surface area contributed by atoms with Crippen LogP contribution in [0.25, 0.3) is 0 Å². The fraction of sp³-hybridized carbons (Fsp3) is 0.529. The molecule has 0 amide bonds. The molecule has 0 bridgehead atoms. The molecule has 0 fully saturated rings. The molecule has 0 aliphatic carbocycles. The summed E-state index contributed by atoms with van der Waals surface area (Å²) in [5, 5.41) is 17.7. The maximum atomic E-state index is 10.0. The van der Waals surface area contributed by atoms with Crippen LogP contribution in [0.15, 0.2) is 24.4 Å². The predicted molar refractivity (Wildman–Crippen MR) is 90.0 cm³/mol. The summed E-state index contributed by atoms with van der Waals surface area (Å²) in [7, 11) is 1.90. The number of nitrogens with one attached hydrogen (secondary N) is 1. The second-order valence-corrected chi connectivity index (χ2v) is 6.03. The zero-order valence-electron chi connectivity index (χ0n) is 13.9. The molecule has 6 heteroatoms. The van der Waals surface area contributed by atoms with Crippen molar-refractivity contribution >= 4 is 5.82 Å². The zero-order chi connectivity index (χ0) is 16.2. The van der Waals surface area contributed by atoms with E-state index in [-0.39, 0.29) is 0 Å². The maximum absolute atomic E-state index is 10.0. The van der Waals surface area contributed by atoms with Gasteiger partial charge in [0.15, 0.2) is 0 Å². The van der Waals surface area contributed by atoms with Crippen molar-refractivity contribution in [3.8, 4) is 0 Å². The monoisotopic (exact) mass is 315 g/mol. The van der Waals surface area contributed by atoms with Crippen LogP contribution in [-0.2, 0) is 19.6 Å². The minimum absolute atomic E-state index is 0.461. The van der Waals surface area contributed by atoms with Gasteiger partial charge in [-0.15, -0.1) is 0 Å². The molecular weight excluding hydrogens is 290 g/mol. The lowest BCUT2D eigenvalue weighted by atomic mass is 10.2. The first kappa shape index (κ1) is 16.0. The van der Waals surface area contributed by atoms with Crippen molar-refractivity contribution in [1.82, 2.24) is 19.7 Å². The molecule has 0 saturated heterocycles. The molecular formula is C17H25N5O. The Bertz CT molecular complexity index is 654. The van der Waals surface area contributed by atoms with Crippen LogP contribution in [0, 0.1) is 0 Å². The van der Waals surface area contributed by atoms with Gasteiger partial charge in [0.2, 0.25) is 0 Å². The molecule has 2 N–H and O–H groups in total. The van der Waals surface area contributed by atoms with Crippen molar-refractivity contribution < 1.29 is 5.11 Å². The van der Waals surface area contributed by atoms with E-state index in [9.17, 15) is 5.11 Å². The number of aromatic nitrogens is 3. The highest BCUT2D eigenvalue weighted by Gasteiger charge is 2.19. The summed E-state index contributed by atoms with van der Waals surface area (Å²) in [6, 6.07) is 6.15. The number of nitrogens with zero attached hydrogens (tertiary/aromatic N) is 4. The van der Waals surface area contributed by atoms with Crippen LogP contribution < -0.4 is 5.32 Å². The molecule has 2 aromatic heterocycles. The molecule has 0 radical (unpaired) electrons. The molecule has 2 aromatic rings. The van der Waals surface area contributed by atoms with Crippen LogP contribution in [0.2, 0.25) is 0 Å². The molecule has 124 valence electrons. The smallest absolute Gasteiger partial charge is 0.130 e. The number of pyridine rings is 1. The van der Waals surface area contributed by atoms with E-state index < -0.39 is 6.10 Å². The van der Waals surface area contributed by atoms with Gasteiger partial charge in [-0.25, -0.2) is 4.98 Å². The van der Waals surface area contributed by atoms with Crippen LogP contribution in [0.1, 0.15) is 42.8 Å². The number of fused-ring (bicyclic) bond motifs is 1. The van der Waals surface area contributed by atoms with Gasteiger partial charge in [-0.05, 0) is 25.0 Å². The predicted octanol–water partition coefficient (Wildman–Crippen LogP) is 2.17. The van der Waals surface area contributed by atoms with Crippen molar-refractivity contribution in [2.75, 3.05) is 18.9 Å². The van der Waals surface area contributed by atoms with Gasteiger partial charge in [-0.3, -0.25) is 9.58 Å². The van der Waals surface area contributed by atoms with Gasteiger partial charge in [0, 0.05) is 45.0 Å². The van der Waals surface area contributed by atoms with Gasteiger partial charge in [0.05, 0.1) is 17.5 Å². The Balaban J connectivity index is 1.76. The zero-order valence-corrected chi connectivity index (χ0v) is 13.9. The van der Waals surface area contributed by atoms with E-state index in [4.69, 9.17) is 0 Å². The summed E-state index contributed by atoms with van der Waals surface area (Å²) >= 11 is 0. The van der Waals surface area contributed by atoms with Crippen molar-refractivity contribution in [2.24, 2.45) is 0 Å². The average Bonchev–Trinajstić information content (AvgIpc) is 2.88. The van der Waals surface area contributed by atoms with E-state index in [2.05, 4.69) is 37.1 Å². The van der Waals surface area contributed by atoms with Crippen molar-refractivity contribution in [3.05, 3.63) is 41.3 Å². The van der Waals surface area contributed by atoms with Gasteiger partial charge in [-0.2, -0.15) is 5.10 Å². The molecule has 1 aliphatic heterocycles. The molecule has 0 aromatic carbocycles. The SMILES string of the molecule is CC[C@H](O)c1cc2n(n1)CCCN(Cc1cccnc1NC)C2. The average molecular weight is 315 g/mol. The molecule has 23 heavy (non-hydrogen) atoms. The number of aliphatic hydroxyl groups excluding tert-OH is 1. The summed E-state index contributed by atoms with van der Waals surface area (Å²) in [5.74, 6) is 0.937. The lowest BCUT2D eigenvalue weighted by Crippen LogP contribution is -2.23. The van der Waals surface area contributed by atoms with Crippen LogP contribution in [0.5, 0.6) is 0 Å². The third-order valence-corrected chi connectivity index (χ3v) is 4.36. The fourth-order valence-corrected chi connectivity index (χ4v) is 3.09. The van der Waals surface area contributed by atoms with E-state index >= 15 is 0 Å². The summed E-state index contributed by atoms with van der Waals surface area (Å²) < 4.78 is 2.05. The summed E-state index contributed by atoms with van der Waals surface area (Å²) in [6.07, 6.45) is 3.11. The number of anilines is 1. The summed E-state index contributed by atoms with van der Waals surface area (Å²) in [4.78, 5) is 6.80. The molecule has 6 nitrogen and oxygen atoms in total. The van der Waals surface area contributed by atoms with Crippen molar-refractivity contribution in [1.29, 1.82) is 0 Å². The molecule has 0 unspecified atom stereocenters. The highest BCUT2D eigenvalue weighted by Crippen LogP contribution is 2.22. The molecule has 1 aliphatic rings. The number of hydrogen-bond acceptors (Lipinski definition) is 5. The summed E-state index contributed by atoms with van der Waals surface area (Å²) in [6.45, 7) is 5.63. The first-order valence-electron chi connectivity index (χ1n) is 8.30. The highest BCUT2D eigenvalue weighted by atomic mass is 16.3. The number of hydrogen-bond donors (Lipinski definition) is 2. The Hall–Kier alpha value is -1.92. The maximum Gasteiger partial charge on any atom is 0.130 e. The Labute approximate surface area is 137 Å². The Morgan fingerprint density at radius 1 is 1.39 bits per heavy atom. The van der Waals surface area contributed by atoms with Gasteiger partial charge >= 0.3 is 0 Å². The van der Waals surface area contributed by atoms with E-state index in [0.29, 0.717) is 6.42 Å². The lowest BCUT2D eigenvalue weighted by Gasteiger charge is -2.20. The number of aryl methyl sites for hydroxylation is 1. The van der Waals surface area contributed by atoms with E-state index in [1.807, 2.05) is 26.2 Å². The van der Waals surface area contributed by atoms with Crippen molar-refractivity contribution in [3.63, 3.8) is 0 Å². The van der Waals surface area contributed by atoms with Gasteiger partial charge < -0.3 is 10.4 Å². The molecule has 1 atom stereocenters. The Kier molecular flexibility index (Phi) is 4.93. The minimum Gasteiger partial charge on any atom is -0.387 e. The van der Waals surface area contributed by atoms with Gasteiger partial charge in [-0.1, -0.05) is 13.0 Å². The topological polar surface area (TPSA) is 66.2 Å². The second-order valence-electron chi connectivity index (χ2n) is 6.03. The Morgan fingerprint density at radius 2 is 2.26 bits per heavy atom. The highest BCUT2D eigenvalue weighted by molar-refractivity contribution is 5.42. The van der Waals surface area contributed by atoms with Gasteiger partial charge in [0.1, 0.15) is 5.82 Å². The minimum atomic E-state index is -0.461. The number of aliphatic hydroxyl groups is 1. The van der Waals surface area contributed by atoms with E-state index in [1.54, 1.807) is 0 Å². The van der Waals surface area contributed by atoms with Crippen molar-refractivity contribution in [2.45, 2.75) is 45.5 Å². The van der Waals surface area contributed by atoms with E-state index in [0.717, 1.165) is 44.1 Å². The first-order chi connectivity index (χ1) is 11.2. The standard InChI is InChI=1S/C17H25N5O/c1-3-16(23)15-10-14-12-21(8-5-9-22(14)20-15)11-13-6-4-7-19-17(13)18-2/h4,6-7,10,16,23H,3,5,8-9,11-12H2,1-2H3,(H,18,19)/t16-/m0/s1. The van der Waals surface area contributed by atoms with Crippen LogP contribution in [-0.4, -0.2) is 38.4 Å². The normalized spacial score (nSPS) is 16.7. The van der Waals surface area contributed by atoms with Crippen LogP contribution in [0.4, 0.5) is 5.82 Å². The van der Waals surface area contributed by atoms with Crippen LogP contribution in [0.3, 0.4) is 0 Å². The summed E-state index contributed by atoms with van der Waals surface area (Å²) in [5.41, 5.74) is 3.18. The van der Waals surface area contributed by atoms with E-state index in [1.165, 1.54) is 11.3 Å². The first-order valence-corrected chi connectivity index (χ1v) is 8.30. The third-order valence-electron chi connectivity index (χ3n) is 4.36. The fourth-order valence-electron chi connectivity index (χ4n) is 3.09. The molecule has 0 saturated carbocycles. The number of rotatable bonds is 5. The van der Waals surface area contributed by atoms with Gasteiger partial charge in [0.25, 0.3) is 0 Å². The largest absolute Gasteiger partial charge is 0.387 e. The Morgan fingerprint density at radius 3 is 3.04 bits per heavy atom. The quantitative estimate of drug-likeness (QED) is 0.885. The third kappa shape index (κ3) is 3.54. The second kappa shape index (κ2) is 7.10. The molecule has 0 spiro atoms. The molecule has 3 rings (SSSR count). The lowest BCUT2D eigenvalue weighted by molar-refractivity contribution is 0.167. The van der Waals surface area contributed by atoms with Crippen LogP contribution >= 0.6 is 0 Å².